The first-order valence-electron chi connectivity index (χ1n) is 5.42. The maximum absolute atomic E-state index is 12.0. The number of nitrogens with one attached hydrogen (secondary N) is 1. The fourth-order valence-electron chi connectivity index (χ4n) is 1.52. The second kappa shape index (κ2) is 5.89. The van der Waals surface area contributed by atoms with Crippen molar-refractivity contribution >= 4 is 38.3 Å². The molecule has 0 amide bonds. The topological polar surface area (TPSA) is 72.0 Å². The number of hydrogen-bond donors (Lipinski definition) is 1. The number of rotatable bonds is 5. The molecule has 0 spiro atoms. The quantitative estimate of drug-likeness (QED) is 0.858. The van der Waals surface area contributed by atoms with Crippen LogP contribution in [0.25, 0.3) is 0 Å². The lowest BCUT2D eigenvalue weighted by molar-refractivity contribution is 0.600. The average molecular weight is 315 g/mol. The normalized spacial score (nSPS) is 11.5. The van der Waals surface area contributed by atoms with Crippen molar-refractivity contribution in [1.82, 2.24) is 10.2 Å². The van der Waals surface area contributed by atoms with Gasteiger partial charge in [0.05, 0.1) is 5.75 Å². The monoisotopic (exact) mass is 315 g/mol. The summed E-state index contributed by atoms with van der Waals surface area (Å²) in [5.41, 5.74) is 1.79. The molecule has 0 fully saturated rings. The van der Waals surface area contributed by atoms with Crippen LogP contribution in [0.4, 0.5) is 5.13 Å². The number of thioether (sulfide) groups is 1. The molecule has 1 heterocycles. The number of anilines is 1. The van der Waals surface area contributed by atoms with Gasteiger partial charge in [0.2, 0.25) is 15.2 Å². The molecule has 1 aromatic carbocycles. The average Bonchev–Trinajstić information content (AvgIpc) is 2.75. The van der Waals surface area contributed by atoms with E-state index in [9.17, 15) is 8.42 Å². The molecule has 0 radical (unpaired) electrons. The minimum Gasteiger partial charge on any atom is -0.257 e. The Hall–Kier alpha value is -1.12. The maximum Gasteiger partial charge on any atom is 0.238 e. The Bertz CT molecular complexity index is 667. The molecule has 1 aromatic heterocycles. The Balaban J connectivity index is 2.10. The van der Waals surface area contributed by atoms with E-state index < -0.39 is 10.0 Å². The number of aromatic nitrogens is 2. The largest absolute Gasteiger partial charge is 0.257 e. The fourth-order valence-corrected chi connectivity index (χ4v) is 4.09. The fraction of sp³-hybridized carbons (Fsp3) is 0.273. The van der Waals surface area contributed by atoms with Crippen LogP contribution < -0.4 is 4.72 Å². The molecule has 19 heavy (non-hydrogen) atoms. The molecule has 1 N–H and O–H groups in total. The zero-order valence-corrected chi connectivity index (χ0v) is 12.9. The van der Waals surface area contributed by atoms with Crippen molar-refractivity contribution in [1.29, 1.82) is 0 Å². The van der Waals surface area contributed by atoms with Crippen LogP contribution >= 0.6 is 23.1 Å². The molecule has 0 saturated heterocycles. The zero-order valence-electron chi connectivity index (χ0n) is 10.5. The first kappa shape index (κ1) is 14.3. The zero-order chi connectivity index (χ0) is 13.9. The van der Waals surface area contributed by atoms with Gasteiger partial charge in [-0.3, -0.25) is 4.72 Å². The van der Waals surface area contributed by atoms with E-state index in [0.29, 0.717) is 5.13 Å². The number of hydrogen-bond acceptors (Lipinski definition) is 6. The van der Waals surface area contributed by atoms with Gasteiger partial charge in [-0.1, -0.05) is 52.9 Å². The third-order valence-corrected chi connectivity index (χ3v) is 5.42. The molecule has 0 unspecified atom stereocenters. The van der Waals surface area contributed by atoms with Crippen LogP contribution in [-0.4, -0.2) is 24.9 Å². The lowest BCUT2D eigenvalue weighted by Gasteiger charge is -2.05. The first-order chi connectivity index (χ1) is 8.98. The Morgan fingerprint density at radius 1 is 1.37 bits per heavy atom. The van der Waals surface area contributed by atoms with Crippen LogP contribution in [0.2, 0.25) is 0 Å². The summed E-state index contributed by atoms with van der Waals surface area (Å²) in [5.74, 6) is -0.0666. The summed E-state index contributed by atoms with van der Waals surface area (Å²) < 4.78 is 27.2. The predicted octanol–water partition coefficient (Wildman–Crippen LogP) is 2.51. The van der Waals surface area contributed by atoms with Gasteiger partial charge in [0.25, 0.3) is 0 Å². The Morgan fingerprint density at radius 2 is 2.16 bits per heavy atom. The van der Waals surface area contributed by atoms with Crippen molar-refractivity contribution in [2.75, 3.05) is 11.0 Å². The molecule has 8 heteroatoms. The van der Waals surface area contributed by atoms with E-state index in [1.807, 2.05) is 31.4 Å². The van der Waals surface area contributed by atoms with Crippen molar-refractivity contribution < 1.29 is 8.42 Å². The standard InChI is InChI=1S/C11H13N3O2S3/c1-8-4-3-5-9(6-8)7-19(15,16)14-10-12-13-11(17-2)18-10/h3-6H,7H2,1-2H3,(H,12,14). The minimum atomic E-state index is -3.45. The van der Waals surface area contributed by atoms with Crippen molar-refractivity contribution in [3.63, 3.8) is 0 Å². The highest BCUT2D eigenvalue weighted by molar-refractivity contribution is 8.00. The highest BCUT2D eigenvalue weighted by Crippen LogP contribution is 2.24. The number of nitrogens with zero attached hydrogens (tertiary/aromatic N) is 2. The van der Waals surface area contributed by atoms with Gasteiger partial charge in [-0.15, -0.1) is 10.2 Å². The van der Waals surface area contributed by atoms with Crippen LogP contribution in [-0.2, 0) is 15.8 Å². The molecule has 0 bridgehead atoms. The van der Waals surface area contributed by atoms with Gasteiger partial charge < -0.3 is 0 Å². The summed E-state index contributed by atoms with van der Waals surface area (Å²) in [6.45, 7) is 1.93. The van der Waals surface area contributed by atoms with Crippen LogP contribution in [0.5, 0.6) is 0 Å². The van der Waals surface area contributed by atoms with E-state index in [0.717, 1.165) is 15.5 Å². The van der Waals surface area contributed by atoms with Gasteiger partial charge in [0.1, 0.15) is 0 Å². The van der Waals surface area contributed by atoms with Crippen molar-refractivity contribution in [3.8, 4) is 0 Å². The smallest absolute Gasteiger partial charge is 0.238 e. The van der Waals surface area contributed by atoms with Crippen LogP contribution in [0, 0.1) is 6.92 Å². The van der Waals surface area contributed by atoms with E-state index in [2.05, 4.69) is 14.9 Å². The van der Waals surface area contributed by atoms with Crippen molar-refractivity contribution in [2.24, 2.45) is 0 Å². The predicted molar refractivity (Wildman–Crippen MR) is 79.1 cm³/mol. The minimum absolute atomic E-state index is 0.0666. The van der Waals surface area contributed by atoms with Crippen molar-refractivity contribution in [2.45, 2.75) is 17.0 Å². The Labute approximate surface area is 120 Å². The number of aryl methyl sites for hydroxylation is 1. The third kappa shape index (κ3) is 4.19. The molecular formula is C11H13N3O2S3. The van der Waals surface area contributed by atoms with E-state index in [4.69, 9.17) is 0 Å². The molecule has 0 atom stereocenters. The van der Waals surface area contributed by atoms with Gasteiger partial charge >= 0.3 is 0 Å². The molecule has 0 aliphatic rings. The van der Waals surface area contributed by atoms with Gasteiger partial charge in [-0.05, 0) is 18.7 Å². The van der Waals surface area contributed by atoms with Crippen molar-refractivity contribution in [3.05, 3.63) is 35.4 Å². The molecule has 0 saturated carbocycles. The summed E-state index contributed by atoms with van der Waals surface area (Å²) in [4.78, 5) is 0. The second-order valence-electron chi connectivity index (χ2n) is 3.93. The molecule has 0 aliphatic carbocycles. The van der Waals surface area contributed by atoms with E-state index in [1.165, 1.54) is 23.1 Å². The summed E-state index contributed by atoms with van der Waals surface area (Å²) in [7, 11) is -3.45. The summed E-state index contributed by atoms with van der Waals surface area (Å²) >= 11 is 2.66. The third-order valence-electron chi connectivity index (χ3n) is 2.26. The van der Waals surface area contributed by atoms with Gasteiger partial charge in [0, 0.05) is 0 Å². The van der Waals surface area contributed by atoms with Gasteiger partial charge in [0.15, 0.2) is 4.34 Å². The lowest BCUT2D eigenvalue weighted by atomic mass is 10.2. The molecule has 2 aromatic rings. The lowest BCUT2D eigenvalue weighted by Crippen LogP contribution is -2.15. The molecule has 5 nitrogen and oxygen atoms in total. The summed E-state index contributed by atoms with van der Waals surface area (Å²) in [5, 5.41) is 7.94. The molecular weight excluding hydrogens is 302 g/mol. The van der Waals surface area contributed by atoms with Crippen LogP contribution in [0.15, 0.2) is 28.6 Å². The number of benzene rings is 1. The Morgan fingerprint density at radius 3 is 2.79 bits per heavy atom. The molecule has 102 valence electrons. The highest BCUT2D eigenvalue weighted by atomic mass is 32.2. The second-order valence-corrected chi connectivity index (χ2v) is 7.68. The molecule has 0 aliphatic heterocycles. The highest BCUT2D eigenvalue weighted by Gasteiger charge is 2.14. The van der Waals surface area contributed by atoms with Crippen LogP contribution in [0.1, 0.15) is 11.1 Å². The first-order valence-corrected chi connectivity index (χ1v) is 9.11. The van der Waals surface area contributed by atoms with E-state index >= 15 is 0 Å². The van der Waals surface area contributed by atoms with Gasteiger partial charge in [-0.25, -0.2) is 8.42 Å². The molecule has 2 rings (SSSR count). The summed E-state index contributed by atoms with van der Waals surface area (Å²) in [6.07, 6.45) is 1.87. The maximum atomic E-state index is 12.0. The summed E-state index contributed by atoms with van der Waals surface area (Å²) in [6, 6.07) is 7.42. The van der Waals surface area contributed by atoms with E-state index in [1.54, 1.807) is 6.07 Å². The Kier molecular flexibility index (Phi) is 4.43. The van der Waals surface area contributed by atoms with E-state index in [-0.39, 0.29) is 5.75 Å². The van der Waals surface area contributed by atoms with Gasteiger partial charge in [-0.2, -0.15) is 0 Å². The number of sulfonamides is 1. The SMILES string of the molecule is CSc1nnc(NS(=O)(=O)Cc2cccc(C)c2)s1. The van der Waals surface area contributed by atoms with Crippen LogP contribution in [0.3, 0.4) is 0 Å².